The van der Waals surface area contributed by atoms with Crippen LogP contribution in [0.4, 0.5) is 0 Å². The van der Waals surface area contributed by atoms with E-state index in [1.807, 2.05) is 12.1 Å². The van der Waals surface area contributed by atoms with Crippen molar-refractivity contribution in [2.45, 2.75) is 37.7 Å². The summed E-state index contributed by atoms with van der Waals surface area (Å²) in [6, 6.07) is 3.69. The molecule has 8 heteroatoms. The van der Waals surface area contributed by atoms with Gasteiger partial charge in [0.2, 0.25) is 0 Å². The molecule has 1 aliphatic carbocycles. The van der Waals surface area contributed by atoms with E-state index >= 15 is 0 Å². The van der Waals surface area contributed by atoms with Crippen LogP contribution in [0.2, 0.25) is 0 Å². The monoisotopic (exact) mass is 341 g/mol. The summed E-state index contributed by atoms with van der Waals surface area (Å²) in [7, 11) is -0.302. The maximum absolute atomic E-state index is 12.5. The third-order valence-electron chi connectivity index (χ3n) is 4.43. The summed E-state index contributed by atoms with van der Waals surface area (Å²) in [6.07, 6.45) is 4.78. The van der Waals surface area contributed by atoms with Crippen molar-refractivity contribution in [1.82, 2.24) is 13.6 Å². The van der Waals surface area contributed by atoms with Gasteiger partial charge in [-0.25, -0.2) is 0 Å². The first kappa shape index (κ1) is 16.8. The van der Waals surface area contributed by atoms with Crippen LogP contribution in [0.3, 0.4) is 0 Å². The minimum absolute atomic E-state index is 0.0830. The largest absolute Gasteiger partial charge is 0.372 e. The number of pyridine rings is 1. The molecule has 3 rings (SSSR count). The number of aromatic nitrogens is 1. The second-order valence-corrected chi connectivity index (χ2v) is 8.19. The second-order valence-electron chi connectivity index (χ2n) is 6.09. The van der Waals surface area contributed by atoms with Gasteiger partial charge in [0.25, 0.3) is 10.2 Å². The van der Waals surface area contributed by atoms with Crippen LogP contribution in [0, 0.1) is 0 Å². The maximum Gasteiger partial charge on any atom is 0.281 e. The Balaban J connectivity index is 1.67. The molecule has 1 saturated heterocycles. The Kier molecular flexibility index (Phi) is 4.98. The summed E-state index contributed by atoms with van der Waals surface area (Å²) >= 11 is 0. The van der Waals surface area contributed by atoms with Gasteiger partial charge in [-0.3, -0.25) is 4.98 Å². The van der Waals surface area contributed by atoms with Crippen molar-refractivity contribution in [2.75, 3.05) is 27.2 Å². The maximum atomic E-state index is 12.5. The molecule has 0 radical (unpaired) electrons. The van der Waals surface area contributed by atoms with Crippen molar-refractivity contribution in [3.05, 3.63) is 30.1 Å². The molecule has 1 aliphatic heterocycles. The number of morpholine rings is 1. The summed E-state index contributed by atoms with van der Waals surface area (Å²) in [5, 5.41) is 0. The average Bonchev–Trinajstić information content (AvgIpc) is 2.96. The van der Waals surface area contributed by atoms with Gasteiger partial charge in [-0.05, 0) is 24.5 Å². The number of fused-ring (bicyclic) bond motifs is 1. The molecule has 0 N–H and O–H groups in total. The minimum Gasteiger partial charge on any atom is -0.372 e. The molecule has 1 aromatic heterocycles. The van der Waals surface area contributed by atoms with Gasteiger partial charge in [0, 0.05) is 33.0 Å². The SMILES string of the molecule is CN(C)S(=O)(=O)N1CCO[C@H]2[C@H](OCc3cccnc3)CC[C@@H]21. The van der Waals surface area contributed by atoms with E-state index in [4.69, 9.17) is 9.47 Å². The zero-order valence-electron chi connectivity index (χ0n) is 13.5. The number of ether oxygens (including phenoxy) is 2. The Hall–Kier alpha value is -1.06. The van der Waals surface area contributed by atoms with Crippen LogP contribution in [0.1, 0.15) is 18.4 Å². The smallest absolute Gasteiger partial charge is 0.281 e. The fourth-order valence-corrected chi connectivity index (χ4v) is 4.54. The first-order valence-electron chi connectivity index (χ1n) is 7.81. The van der Waals surface area contributed by atoms with Gasteiger partial charge in [0.1, 0.15) is 6.10 Å². The van der Waals surface area contributed by atoms with Crippen LogP contribution in [-0.2, 0) is 26.3 Å². The predicted octanol–water partition coefficient (Wildman–Crippen LogP) is 0.636. The summed E-state index contributed by atoms with van der Waals surface area (Å²) in [6.45, 7) is 1.27. The Bertz CT molecular complexity index is 623. The zero-order valence-corrected chi connectivity index (χ0v) is 14.3. The lowest BCUT2D eigenvalue weighted by Crippen LogP contribution is -2.56. The molecule has 0 unspecified atom stereocenters. The van der Waals surface area contributed by atoms with Gasteiger partial charge >= 0.3 is 0 Å². The lowest BCUT2D eigenvalue weighted by Gasteiger charge is -2.39. The summed E-state index contributed by atoms with van der Waals surface area (Å²) < 4.78 is 39.6. The molecule has 7 nitrogen and oxygen atoms in total. The highest BCUT2D eigenvalue weighted by atomic mass is 32.2. The van der Waals surface area contributed by atoms with Gasteiger partial charge in [-0.15, -0.1) is 0 Å². The number of hydrogen-bond acceptors (Lipinski definition) is 5. The highest BCUT2D eigenvalue weighted by Crippen LogP contribution is 2.34. The highest BCUT2D eigenvalue weighted by Gasteiger charge is 2.47. The van der Waals surface area contributed by atoms with Crippen molar-refractivity contribution in [3.63, 3.8) is 0 Å². The van der Waals surface area contributed by atoms with E-state index in [2.05, 4.69) is 4.98 Å². The average molecular weight is 341 g/mol. The Morgan fingerprint density at radius 1 is 1.43 bits per heavy atom. The van der Waals surface area contributed by atoms with Gasteiger partial charge in [-0.1, -0.05) is 6.07 Å². The molecule has 2 heterocycles. The van der Waals surface area contributed by atoms with Crippen molar-refractivity contribution in [2.24, 2.45) is 0 Å². The first-order valence-corrected chi connectivity index (χ1v) is 9.21. The van der Waals surface area contributed by atoms with Crippen LogP contribution in [0.5, 0.6) is 0 Å². The number of rotatable bonds is 5. The van der Waals surface area contributed by atoms with Crippen LogP contribution < -0.4 is 0 Å². The molecule has 0 aromatic carbocycles. The van der Waals surface area contributed by atoms with E-state index in [0.717, 1.165) is 18.4 Å². The standard InChI is InChI=1S/C15H23N3O4S/c1-17(2)23(19,20)18-8-9-21-15-13(18)5-6-14(15)22-11-12-4-3-7-16-10-12/h3-4,7,10,13-15H,5-6,8-9,11H2,1-2H3/t13-,14+,15+/m0/s1. The molecule has 1 saturated carbocycles. The minimum atomic E-state index is -3.42. The Morgan fingerprint density at radius 3 is 2.96 bits per heavy atom. The van der Waals surface area contributed by atoms with E-state index in [-0.39, 0.29) is 18.2 Å². The van der Waals surface area contributed by atoms with Crippen LogP contribution >= 0.6 is 0 Å². The molecular weight excluding hydrogens is 318 g/mol. The fourth-order valence-electron chi connectivity index (χ4n) is 3.24. The molecule has 3 atom stereocenters. The van der Waals surface area contributed by atoms with E-state index in [0.29, 0.717) is 19.8 Å². The van der Waals surface area contributed by atoms with E-state index in [1.54, 1.807) is 30.8 Å². The van der Waals surface area contributed by atoms with E-state index in [9.17, 15) is 8.42 Å². The third kappa shape index (κ3) is 3.41. The highest BCUT2D eigenvalue weighted by molar-refractivity contribution is 7.86. The molecule has 128 valence electrons. The number of hydrogen-bond donors (Lipinski definition) is 0. The molecular formula is C15H23N3O4S. The van der Waals surface area contributed by atoms with Gasteiger partial charge in [0.15, 0.2) is 0 Å². The van der Waals surface area contributed by atoms with Crippen LogP contribution in [0.15, 0.2) is 24.5 Å². The van der Waals surface area contributed by atoms with Gasteiger partial charge in [-0.2, -0.15) is 17.0 Å². The van der Waals surface area contributed by atoms with E-state index in [1.165, 1.54) is 4.31 Å². The summed E-state index contributed by atoms with van der Waals surface area (Å²) in [4.78, 5) is 4.07. The molecule has 0 bridgehead atoms. The molecule has 2 aliphatic rings. The van der Waals surface area contributed by atoms with Crippen LogP contribution in [0.25, 0.3) is 0 Å². The molecule has 23 heavy (non-hydrogen) atoms. The lowest BCUT2D eigenvalue weighted by atomic mass is 10.1. The van der Waals surface area contributed by atoms with E-state index < -0.39 is 10.2 Å². The lowest BCUT2D eigenvalue weighted by molar-refractivity contribution is -0.101. The van der Waals surface area contributed by atoms with Crippen molar-refractivity contribution < 1.29 is 17.9 Å². The summed E-state index contributed by atoms with van der Waals surface area (Å²) in [5.41, 5.74) is 1.00. The fraction of sp³-hybridized carbons (Fsp3) is 0.667. The molecule has 1 aromatic rings. The second kappa shape index (κ2) is 6.82. The molecule has 2 fully saturated rings. The Labute approximate surface area is 137 Å². The zero-order chi connectivity index (χ0) is 16.4. The van der Waals surface area contributed by atoms with Crippen molar-refractivity contribution >= 4 is 10.2 Å². The Morgan fingerprint density at radius 2 is 2.26 bits per heavy atom. The summed E-state index contributed by atoms with van der Waals surface area (Å²) in [5.74, 6) is 0. The molecule has 0 amide bonds. The quantitative estimate of drug-likeness (QED) is 0.786. The normalized spacial score (nSPS) is 28.9. The molecule has 0 spiro atoms. The van der Waals surface area contributed by atoms with Crippen LogP contribution in [-0.4, -0.2) is 67.5 Å². The van der Waals surface area contributed by atoms with Crippen molar-refractivity contribution in [3.8, 4) is 0 Å². The topological polar surface area (TPSA) is 72.0 Å². The van der Waals surface area contributed by atoms with Crippen molar-refractivity contribution in [1.29, 1.82) is 0 Å². The van der Waals surface area contributed by atoms with Gasteiger partial charge in [0.05, 0.1) is 25.4 Å². The number of nitrogens with zero attached hydrogens (tertiary/aromatic N) is 3. The first-order chi connectivity index (χ1) is 11.0. The third-order valence-corrected chi connectivity index (χ3v) is 6.40. The van der Waals surface area contributed by atoms with Gasteiger partial charge < -0.3 is 9.47 Å². The predicted molar refractivity (Wildman–Crippen MR) is 84.9 cm³/mol.